The van der Waals surface area contributed by atoms with E-state index in [0.717, 1.165) is 50.2 Å². The summed E-state index contributed by atoms with van der Waals surface area (Å²) in [4.78, 5) is 4.60. The second-order valence-corrected chi connectivity index (χ2v) is 7.71. The van der Waals surface area contributed by atoms with Gasteiger partial charge < -0.3 is 4.42 Å². The lowest BCUT2D eigenvalue weighted by atomic mass is 9.96. The smallest absolute Gasteiger partial charge is 0.136 e. The van der Waals surface area contributed by atoms with Crippen LogP contribution in [0.1, 0.15) is 26.7 Å². The number of fused-ring (bicyclic) bond motifs is 1. The van der Waals surface area contributed by atoms with Crippen molar-refractivity contribution >= 4 is 11.0 Å². The third kappa shape index (κ3) is 3.42. The van der Waals surface area contributed by atoms with E-state index >= 15 is 0 Å². The van der Waals surface area contributed by atoms with Crippen LogP contribution >= 0.6 is 0 Å². The molecular formula is C28H23NO. The van der Waals surface area contributed by atoms with Gasteiger partial charge in [-0.15, -0.1) is 0 Å². The number of furan rings is 1. The summed E-state index contributed by atoms with van der Waals surface area (Å²) < 4.78 is 14.7. The van der Waals surface area contributed by atoms with Gasteiger partial charge in [-0.3, -0.25) is 4.98 Å². The Labute approximate surface area is 178 Å². The molecule has 0 aliphatic carbocycles. The normalized spacial score (nSPS) is 12.1. The van der Waals surface area contributed by atoms with Gasteiger partial charge in [0.1, 0.15) is 11.3 Å². The molecule has 0 bridgehead atoms. The number of rotatable bonds is 4. The molecule has 0 atom stereocenters. The summed E-state index contributed by atoms with van der Waals surface area (Å²) >= 11 is 0. The van der Waals surface area contributed by atoms with Crippen LogP contribution < -0.4 is 0 Å². The largest absolute Gasteiger partial charge is 0.456 e. The first kappa shape index (κ1) is 17.2. The fraction of sp³-hybridized carbons (Fsp3) is 0.107. The predicted molar refractivity (Wildman–Crippen MR) is 124 cm³/mol. The zero-order valence-electron chi connectivity index (χ0n) is 18.1. The van der Waals surface area contributed by atoms with Gasteiger partial charge in [0.05, 0.1) is 5.69 Å². The molecule has 2 nitrogen and oxygen atoms in total. The van der Waals surface area contributed by atoms with E-state index < -0.39 is 5.89 Å². The predicted octanol–water partition coefficient (Wildman–Crippen LogP) is 7.95. The highest BCUT2D eigenvalue weighted by atomic mass is 16.3. The number of hydrogen-bond acceptors (Lipinski definition) is 2. The molecule has 0 unspecified atom stereocenters. The first-order valence-corrected chi connectivity index (χ1v) is 10.1. The third-order valence-corrected chi connectivity index (χ3v) is 5.41. The molecule has 146 valence electrons. The molecule has 2 heteroatoms. The van der Waals surface area contributed by atoms with E-state index in [-0.39, 0.29) is 0 Å². The van der Waals surface area contributed by atoms with E-state index in [2.05, 4.69) is 47.4 Å². The molecule has 2 heterocycles. The van der Waals surface area contributed by atoms with Crippen molar-refractivity contribution in [1.82, 2.24) is 4.98 Å². The fourth-order valence-electron chi connectivity index (χ4n) is 3.79. The van der Waals surface area contributed by atoms with Crippen molar-refractivity contribution in [3.63, 3.8) is 0 Å². The summed E-state index contributed by atoms with van der Waals surface area (Å²) in [5, 5.41) is 1.07. The molecule has 2 aromatic heterocycles. The highest BCUT2D eigenvalue weighted by Crippen LogP contribution is 2.38. The molecule has 0 spiro atoms. The maximum atomic E-state index is 8.39. The minimum absolute atomic E-state index is 0.685. The average Bonchev–Trinajstić information content (AvgIpc) is 3.23. The molecule has 5 aromatic rings. The molecule has 0 N–H and O–H groups in total. The van der Waals surface area contributed by atoms with Crippen LogP contribution in [0.2, 0.25) is 0 Å². The minimum atomic E-state index is -0.685. The third-order valence-electron chi connectivity index (χ3n) is 5.41. The molecule has 3 aromatic carbocycles. The van der Waals surface area contributed by atoms with Crippen LogP contribution in [0.5, 0.6) is 0 Å². The van der Waals surface area contributed by atoms with Gasteiger partial charge in [0.15, 0.2) is 0 Å². The summed E-state index contributed by atoms with van der Waals surface area (Å²) in [6.45, 7) is 3.78. The molecular weight excluding hydrogens is 366 g/mol. The van der Waals surface area contributed by atoms with E-state index in [4.69, 9.17) is 5.79 Å². The van der Waals surface area contributed by atoms with Crippen LogP contribution in [0.15, 0.2) is 102 Å². The Kier molecular flexibility index (Phi) is 4.39. The molecule has 0 saturated heterocycles. The second-order valence-electron chi connectivity index (χ2n) is 7.71. The molecule has 30 heavy (non-hydrogen) atoms. The zero-order valence-corrected chi connectivity index (χ0v) is 17.1. The van der Waals surface area contributed by atoms with Crippen molar-refractivity contribution in [1.29, 1.82) is 0 Å². The van der Waals surface area contributed by atoms with E-state index in [9.17, 15) is 0 Å². The minimum Gasteiger partial charge on any atom is -0.456 e. The van der Waals surface area contributed by atoms with Crippen LogP contribution in [-0.4, -0.2) is 4.98 Å². The van der Waals surface area contributed by atoms with Crippen molar-refractivity contribution in [3.05, 3.63) is 103 Å². The molecule has 5 rings (SSSR count). The summed E-state index contributed by atoms with van der Waals surface area (Å²) in [6.07, 6.45) is 1.78. The summed E-state index contributed by atoms with van der Waals surface area (Å²) in [7, 11) is 0. The Bertz CT molecular complexity index is 1350. The van der Waals surface area contributed by atoms with Crippen molar-refractivity contribution < 1.29 is 5.79 Å². The first-order chi connectivity index (χ1) is 15.0. The Morgan fingerprint density at radius 3 is 2.17 bits per heavy atom. The highest BCUT2D eigenvalue weighted by Gasteiger charge is 2.15. The number of hydrogen-bond donors (Lipinski definition) is 0. The molecule has 0 amide bonds. The Morgan fingerprint density at radius 1 is 0.767 bits per heavy atom. The Morgan fingerprint density at radius 2 is 1.47 bits per heavy atom. The van der Waals surface area contributed by atoms with Gasteiger partial charge in [-0.25, -0.2) is 0 Å². The number of aromatic nitrogens is 1. The van der Waals surface area contributed by atoms with E-state index in [0.29, 0.717) is 0 Å². The SMILES string of the molecule is [2H]C(C)(C)c1ccnc(-c2cc(-c3ccccc3)c3cc(-c4ccccc4)oc3c2)c1. The lowest BCUT2D eigenvalue weighted by Crippen LogP contribution is -1.91. The molecule has 0 saturated carbocycles. The lowest BCUT2D eigenvalue weighted by Gasteiger charge is -2.10. The molecule has 0 aliphatic rings. The van der Waals surface area contributed by atoms with Gasteiger partial charge in [-0.05, 0) is 52.9 Å². The van der Waals surface area contributed by atoms with E-state index in [1.165, 1.54) is 0 Å². The van der Waals surface area contributed by atoms with Gasteiger partial charge in [0.25, 0.3) is 0 Å². The number of benzene rings is 3. The van der Waals surface area contributed by atoms with Crippen molar-refractivity contribution in [2.75, 3.05) is 0 Å². The monoisotopic (exact) mass is 390 g/mol. The van der Waals surface area contributed by atoms with Crippen LogP contribution in [0.25, 0.3) is 44.7 Å². The zero-order chi connectivity index (χ0) is 21.4. The first-order valence-electron chi connectivity index (χ1n) is 10.6. The number of nitrogens with zero attached hydrogens (tertiary/aromatic N) is 1. The maximum absolute atomic E-state index is 8.39. The maximum Gasteiger partial charge on any atom is 0.136 e. The lowest BCUT2D eigenvalue weighted by molar-refractivity contribution is 0.632. The standard InChI is InChI=1S/C28H23NO/c1-19(2)22-13-14-29-26(16-22)23-15-24(20-9-5-3-6-10-20)25-18-27(30-28(25)17-23)21-11-7-4-8-12-21/h3-19H,1-2H3/i19D. The average molecular weight is 391 g/mol. The number of pyridine rings is 1. The second kappa shape index (κ2) is 7.64. The Hall–Kier alpha value is -3.65. The quantitative estimate of drug-likeness (QED) is 0.311. The highest BCUT2D eigenvalue weighted by molar-refractivity contribution is 5.99. The van der Waals surface area contributed by atoms with Crippen molar-refractivity contribution in [3.8, 4) is 33.7 Å². The van der Waals surface area contributed by atoms with Gasteiger partial charge in [0.2, 0.25) is 0 Å². The summed E-state index contributed by atoms with van der Waals surface area (Å²) in [5.41, 5.74) is 6.87. The van der Waals surface area contributed by atoms with Gasteiger partial charge in [-0.1, -0.05) is 74.5 Å². The topological polar surface area (TPSA) is 26.0 Å². The van der Waals surface area contributed by atoms with E-state index in [1.54, 1.807) is 6.20 Å². The molecule has 0 aliphatic heterocycles. The fourth-order valence-corrected chi connectivity index (χ4v) is 3.79. The van der Waals surface area contributed by atoms with Crippen LogP contribution in [0, 0.1) is 0 Å². The van der Waals surface area contributed by atoms with Gasteiger partial charge >= 0.3 is 0 Å². The molecule has 0 fully saturated rings. The van der Waals surface area contributed by atoms with Crippen molar-refractivity contribution in [2.45, 2.75) is 19.7 Å². The summed E-state index contributed by atoms with van der Waals surface area (Å²) in [5.74, 6) is 0.161. The van der Waals surface area contributed by atoms with Crippen molar-refractivity contribution in [2.24, 2.45) is 0 Å². The van der Waals surface area contributed by atoms with E-state index in [1.807, 2.05) is 62.4 Å². The van der Waals surface area contributed by atoms with Gasteiger partial charge in [0, 0.05) is 24.1 Å². The van der Waals surface area contributed by atoms with Crippen LogP contribution in [0.3, 0.4) is 0 Å². The van der Waals surface area contributed by atoms with Crippen LogP contribution in [0.4, 0.5) is 0 Å². The van der Waals surface area contributed by atoms with Gasteiger partial charge in [-0.2, -0.15) is 0 Å². The molecule has 0 radical (unpaired) electrons. The Balaban J connectivity index is 1.74. The summed E-state index contributed by atoms with van der Waals surface area (Å²) in [6, 6.07) is 30.8. The van der Waals surface area contributed by atoms with Crippen LogP contribution in [-0.2, 0) is 0 Å².